The zero-order valence-corrected chi connectivity index (χ0v) is 11.6. The molecule has 0 radical (unpaired) electrons. The number of halogens is 1. The average Bonchev–Trinajstić information content (AvgIpc) is 3.01. The first-order valence-electron chi connectivity index (χ1n) is 6.51. The Morgan fingerprint density at radius 3 is 2.71 bits per heavy atom. The largest absolute Gasteiger partial charge is 0.311 e. The van der Waals surface area contributed by atoms with E-state index in [9.17, 15) is 0 Å². The summed E-state index contributed by atoms with van der Waals surface area (Å²) in [5, 5.41) is 3.50. The van der Waals surface area contributed by atoms with Crippen molar-refractivity contribution in [3.05, 3.63) is 22.8 Å². The standard InChI is InChI=1S/C13H19BrN3/c14-11-3-4-13(16-9-11)17(7-1-2-8-17)12-5-6-15-10-12/h3-4,9,12,15H,1-2,5-8,10H2/q+1. The van der Waals surface area contributed by atoms with Crippen LogP contribution >= 0.6 is 15.9 Å². The molecule has 1 aromatic heterocycles. The molecule has 4 heteroatoms. The number of nitrogens with one attached hydrogen (secondary N) is 1. The zero-order valence-electron chi connectivity index (χ0n) is 10.0. The van der Waals surface area contributed by atoms with Crippen LogP contribution in [0.25, 0.3) is 0 Å². The van der Waals surface area contributed by atoms with E-state index in [-0.39, 0.29) is 0 Å². The van der Waals surface area contributed by atoms with Crippen molar-refractivity contribution in [1.82, 2.24) is 14.8 Å². The Kier molecular flexibility index (Phi) is 3.19. The van der Waals surface area contributed by atoms with Crippen molar-refractivity contribution < 1.29 is 0 Å². The molecule has 1 N–H and O–H groups in total. The van der Waals surface area contributed by atoms with Crippen molar-refractivity contribution in [3.8, 4) is 0 Å². The van der Waals surface area contributed by atoms with Gasteiger partial charge >= 0.3 is 0 Å². The molecular formula is C13H19BrN3+. The van der Waals surface area contributed by atoms with Gasteiger partial charge in [-0.15, -0.1) is 0 Å². The van der Waals surface area contributed by atoms with Gasteiger partial charge in [0, 0.05) is 49.1 Å². The lowest BCUT2D eigenvalue weighted by atomic mass is 10.1. The fourth-order valence-corrected chi connectivity index (χ4v) is 3.61. The number of quaternary nitrogens is 1. The maximum Gasteiger partial charge on any atom is 0.227 e. The second kappa shape index (κ2) is 4.67. The van der Waals surface area contributed by atoms with E-state index in [0.717, 1.165) is 21.5 Å². The van der Waals surface area contributed by atoms with Crippen molar-refractivity contribution in [2.75, 3.05) is 26.2 Å². The molecule has 0 aromatic carbocycles. The number of nitrogens with zero attached hydrogens (tertiary/aromatic N) is 2. The molecule has 3 rings (SSSR count). The van der Waals surface area contributed by atoms with Gasteiger partial charge in [-0.05, 0) is 22.0 Å². The molecule has 1 unspecified atom stereocenters. The summed E-state index contributed by atoms with van der Waals surface area (Å²) in [6, 6.07) is 5.06. The van der Waals surface area contributed by atoms with Crippen LogP contribution in [0.15, 0.2) is 22.8 Å². The lowest BCUT2D eigenvalue weighted by molar-refractivity contribution is 0.250. The third-order valence-corrected chi connectivity index (χ3v) is 4.73. The molecule has 1 aromatic rings. The van der Waals surface area contributed by atoms with Crippen LogP contribution in [0.5, 0.6) is 0 Å². The molecule has 0 spiro atoms. The highest BCUT2D eigenvalue weighted by atomic mass is 79.9. The SMILES string of the molecule is Brc1ccc([N+]2(C3CCNC3)CCCC2)nc1. The molecule has 0 aliphatic carbocycles. The molecule has 2 fully saturated rings. The maximum atomic E-state index is 4.67. The lowest BCUT2D eigenvalue weighted by Gasteiger charge is -2.37. The second-order valence-electron chi connectivity index (χ2n) is 5.17. The third kappa shape index (κ3) is 2.02. The molecule has 0 saturated carbocycles. The van der Waals surface area contributed by atoms with Crippen molar-refractivity contribution >= 4 is 21.7 Å². The summed E-state index contributed by atoms with van der Waals surface area (Å²) in [6.45, 7) is 4.85. The highest BCUT2D eigenvalue weighted by molar-refractivity contribution is 9.10. The molecule has 3 nitrogen and oxygen atoms in total. The van der Waals surface area contributed by atoms with E-state index in [2.05, 4.69) is 38.4 Å². The van der Waals surface area contributed by atoms with Gasteiger partial charge in [-0.3, -0.25) is 4.48 Å². The summed E-state index contributed by atoms with van der Waals surface area (Å²) in [5.74, 6) is 1.26. The van der Waals surface area contributed by atoms with Gasteiger partial charge in [0.25, 0.3) is 0 Å². The van der Waals surface area contributed by atoms with E-state index >= 15 is 0 Å². The minimum Gasteiger partial charge on any atom is -0.311 e. The molecule has 17 heavy (non-hydrogen) atoms. The summed E-state index contributed by atoms with van der Waals surface area (Å²) >= 11 is 3.47. The molecule has 92 valence electrons. The fourth-order valence-electron chi connectivity index (χ4n) is 3.37. The van der Waals surface area contributed by atoms with Crippen molar-refractivity contribution in [1.29, 1.82) is 0 Å². The molecule has 2 saturated heterocycles. The van der Waals surface area contributed by atoms with Crippen LogP contribution in [0.4, 0.5) is 5.82 Å². The van der Waals surface area contributed by atoms with Crippen LogP contribution < -0.4 is 9.80 Å². The predicted molar refractivity (Wildman–Crippen MR) is 74.0 cm³/mol. The quantitative estimate of drug-likeness (QED) is 0.847. The van der Waals surface area contributed by atoms with Gasteiger partial charge in [0.05, 0.1) is 13.1 Å². The summed E-state index contributed by atoms with van der Waals surface area (Å²) in [6.07, 6.45) is 5.91. The van der Waals surface area contributed by atoms with Gasteiger partial charge in [-0.25, -0.2) is 4.98 Å². The first kappa shape index (κ1) is 11.6. The maximum absolute atomic E-state index is 4.67. The monoisotopic (exact) mass is 296 g/mol. The molecule has 3 heterocycles. The second-order valence-corrected chi connectivity index (χ2v) is 6.09. The first-order chi connectivity index (χ1) is 8.31. The number of likely N-dealkylation sites (tertiary alicyclic amines) is 1. The van der Waals surface area contributed by atoms with Crippen LogP contribution in [-0.4, -0.2) is 37.2 Å². The summed E-state index contributed by atoms with van der Waals surface area (Å²) in [5.41, 5.74) is 0. The van der Waals surface area contributed by atoms with Gasteiger partial charge in [-0.1, -0.05) is 0 Å². The smallest absolute Gasteiger partial charge is 0.227 e. The molecule has 2 aliphatic rings. The van der Waals surface area contributed by atoms with E-state index < -0.39 is 0 Å². The Bertz CT molecular complexity index is 378. The summed E-state index contributed by atoms with van der Waals surface area (Å²) in [4.78, 5) is 4.67. The van der Waals surface area contributed by atoms with E-state index in [1.165, 1.54) is 44.7 Å². The molecule has 1 atom stereocenters. The van der Waals surface area contributed by atoms with Crippen LogP contribution in [0, 0.1) is 0 Å². The normalized spacial score (nSPS) is 27.5. The Morgan fingerprint density at radius 2 is 2.12 bits per heavy atom. The number of hydrogen-bond acceptors (Lipinski definition) is 2. The third-order valence-electron chi connectivity index (χ3n) is 4.27. The predicted octanol–water partition coefficient (Wildman–Crippen LogP) is 2.31. The van der Waals surface area contributed by atoms with Crippen molar-refractivity contribution in [3.63, 3.8) is 0 Å². The molecular weight excluding hydrogens is 278 g/mol. The Hall–Kier alpha value is -0.450. The van der Waals surface area contributed by atoms with Crippen LogP contribution in [0.1, 0.15) is 19.3 Å². The number of rotatable bonds is 2. The summed E-state index contributed by atoms with van der Waals surface area (Å²) < 4.78 is 2.18. The highest BCUT2D eigenvalue weighted by Gasteiger charge is 2.44. The van der Waals surface area contributed by atoms with E-state index in [0.29, 0.717) is 0 Å². The topological polar surface area (TPSA) is 24.9 Å². The first-order valence-corrected chi connectivity index (χ1v) is 7.30. The number of aromatic nitrogens is 1. The molecule has 0 amide bonds. The van der Waals surface area contributed by atoms with Gasteiger partial charge in [0.2, 0.25) is 5.82 Å². The van der Waals surface area contributed by atoms with Crippen LogP contribution in [0.3, 0.4) is 0 Å². The summed E-state index contributed by atoms with van der Waals surface area (Å²) in [7, 11) is 0. The van der Waals surface area contributed by atoms with Crippen LogP contribution in [0.2, 0.25) is 0 Å². The Morgan fingerprint density at radius 1 is 1.29 bits per heavy atom. The average molecular weight is 297 g/mol. The number of hydrogen-bond donors (Lipinski definition) is 1. The molecule has 0 bridgehead atoms. The van der Waals surface area contributed by atoms with E-state index in [1.54, 1.807) is 0 Å². The minimum atomic E-state index is 0.728. The van der Waals surface area contributed by atoms with Gasteiger partial charge in [0.15, 0.2) is 0 Å². The van der Waals surface area contributed by atoms with Crippen LogP contribution in [-0.2, 0) is 0 Å². The fraction of sp³-hybridized carbons (Fsp3) is 0.615. The van der Waals surface area contributed by atoms with Gasteiger partial charge < -0.3 is 5.32 Å². The molecule has 2 aliphatic heterocycles. The van der Waals surface area contributed by atoms with Gasteiger partial charge in [-0.2, -0.15) is 0 Å². The zero-order chi connectivity index (χ0) is 11.7. The number of pyridine rings is 1. The minimum absolute atomic E-state index is 0.728. The Balaban J connectivity index is 1.95. The highest BCUT2D eigenvalue weighted by Crippen LogP contribution is 2.33. The van der Waals surface area contributed by atoms with Gasteiger partial charge in [0.1, 0.15) is 6.04 Å². The van der Waals surface area contributed by atoms with Crippen molar-refractivity contribution in [2.24, 2.45) is 0 Å². The Labute approximate surface area is 111 Å². The lowest BCUT2D eigenvalue weighted by Crippen LogP contribution is -2.56. The van der Waals surface area contributed by atoms with E-state index in [1.807, 2.05) is 6.20 Å². The van der Waals surface area contributed by atoms with E-state index in [4.69, 9.17) is 0 Å². The van der Waals surface area contributed by atoms with Crippen molar-refractivity contribution in [2.45, 2.75) is 25.3 Å².